The lowest BCUT2D eigenvalue weighted by molar-refractivity contribution is 0.102. The number of aryl methyl sites for hydroxylation is 2. The van der Waals surface area contributed by atoms with Gasteiger partial charge < -0.3 is 5.32 Å². The van der Waals surface area contributed by atoms with Crippen molar-refractivity contribution in [2.75, 3.05) is 5.32 Å². The summed E-state index contributed by atoms with van der Waals surface area (Å²) in [5.41, 5.74) is 2.32. The third kappa shape index (κ3) is 3.02. The molecule has 1 atom stereocenters. The van der Waals surface area contributed by atoms with E-state index in [1.165, 1.54) is 0 Å². The molecular formula is C17H19N7O. The zero-order valence-corrected chi connectivity index (χ0v) is 14.2. The maximum Gasteiger partial charge on any atom is 0.277 e. The molecule has 0 bridgehead atoms. The summed E-state index contributed by atoms with van der Waals surface area (Å²) in [5, 5.41) is 14.2. The van der Waals surface area contributed by atoms with Crippen molar-refractivity contribution in [2.24, 2.45) is 0 Å². The SMILES string of the molecule is Cc1nc(-c2ccnc(NC(=O)c3cc4n(n3)C(C)CCC4)c2)n[nH]1. The van der Waals surface area contributed by atoms with Gasteiger partial charge >= 0.3 is 0 Å². The predicted molar refractivity (Wildman–Crippen MR) is 92.2 cm³/mol. The van der Waals surface area contributed by atoms with Crippen LogP contribution in [0.25, 0.3) is 11.4 Å². The van der Waals surface area contributed by atoms with Crippen LogP contribution in [0.4, 0.5) is 5.82 Å². The van der Waals surface area contributed by atoms with Crippen LogP contribution >= 0.6 is 0 Å². The van der Waals surface area contributed by atoms with Crippen molar-refractivity contribution in [2.45, 2.75) is 39.2 Å². The van der Waals surface area contributed by atoms with E-state index >= 15 is 0 Å². The fourth-order valence-electron chi connectivity index (χ4n) is 3.10. The molecular weight excluding hydrogens is 318 g/mol. The van der Waals surface area contributed by atoms with E-state index in [0.717, 1.165) is 36.3 Å². The minimum absolute atomic E-state index is 0.259. The highest BCUT2D eigenvalue weighted by Gasteiger charge is 2.21. The second-order valence-corrected chi connectivity index (χ2v) is 6.34. The van der Waals surface area contributed by atoms with Gasteiger partial charge in [0.15, 0.2) is 11.5 Å². The smallest absolute Gasteiger partial charge is 0.277 e. The van der Waals surface area contributed by atoms with Crippen LogP contribution in [-0.4, -0.2) is 35.9 Å². The summed E-state index contributed by atoms with van der Waals surface area (Å²) in [6.45, 7) is 3.96. The molecule has 3 aromatic rings. The summed E-state index contributed by atoms with van der Waals surface area (Å²) in [6, 6.07) is 5.75. The molecule has 4 rings (SSSR count). The fraction of sp³-hybridized carbons (Fsp3) is 0.353. The van der Waals surface area contributed by atoms with Gasteiger partial charge in [-0.2, -0.15) is 10.2 Å². The molecule has 0 spiro atoms. The Balaban J connectivity index is 1.55. The Morgan fingerprint density at radius 3 is 3.04 bits per heavy atom. The number of H-pyrrole nitrogens is 1. The molecule has 3 aromatic heterocycles. The van der Waals surface area contributed by atoms with Crippen LogP contribution in [-0.2, 0) is 6.42 Å². The fourth-order valence-corrected chi connectivity index (χ4v) is 3.10. The normalized spacial score (nSPS) is 16.5. The van der Waals surface area contributed by atoms with E-state index in [0.29, 0.717) is 23.4 Å². The van der Waals surface area contributed by atoms with Gasteiger partial charge in [-0.25, -0.2) is 9.97 Å². The number of carbonyl (C=O) groups is 1. The number of hydrogen-bond acceptors (Lipinski definition) is 5. The number of nitrogens with zero attached hydrogens (tertiary/aromatic N) is 5. The molecule has 0 saturated heterocycles. The third-order valence-electron chi connectivity index (χ3n) is 4.37. The maximum absolute atomic E-state index is 12.5. The number of aromatic nitrogens is 6. The lowest BCUT2D eigenvalue weighted by Crippen LogP contribution is -2.17. The standard InChI is InChI=1S/C17H19N7O/c1-10-4-3-5-13-9-14(23-24(10)13)17(25)20-15-8-12(6-7-18-15)16-19-11(2)21-22-16/h6-10H,3-5H2,1-2H3,(H,18,20,25)(H,19,21,22). The zero-order chi connectivity index (χ0) is 17.4. The van der Waals surface area contributed by atoms with Crippen molar-refractivity contribution in [1.82, 2.24) is 29.9 Å². The van der Waals surface area contributed by atoms with Gasteiger partial charge in [0.25, 0.3) is 5.91 Å². The highest BCUT2D eigenvalue weighted by atomic mass is 16.2. The monoisotopic (exact) mass is 337 g/mol. The van der Waals surface area contributed by atoms with Gasteiger partial charge in [-0.1, -0.05) is 0 Å². The molecule has 1 unspecified atom stereocenters. The topological polar surface area (TPSA) is 101 Å². The Hall–Kier alpha value is -3.03. The number of fused-ring (bicyclic) bond motifs is 1. The molecule has 25 heavy (non-hydrogen) atoms. The van der Waals surface area contributed by atoms with Crippen LogP contribution in [0.1, 0.15) is 47.8 Å². The van der Waals surface area contributed by atoms with Crippen molar-refractivity contribution in [3.8, 4) is 11.4 Å². The van der Waals surface area contributed by atoms with Crippen LogP contribution in [0.2, 0.25) is 0 Å². The molecule has 0 radical (unpaired) electrons. The molecule has 8 nitrogen and oxygen atoms in total. The molecule has 1 aliphatic rings. The largest absolute Gasteiger partial charge is 0.305 e. The molecule has 0 aliphatic carbocycles. The lowest BCUT2D eigenvalue weighted by atomic mass is 10.0. The quantitative estimate of drug-likeness (QED) is 0.765. The average Bonchev–Trinajstić information content (AvgIpc) is 3.22. The highest BCUT2D eigenvalue weighted by Crippen LogP contribution is 2.24. The second-order valence-electron chi connectivity index (χ2n) is 6.34. The molecule has 1 aliphatic heterocycles. The van der Waals surface area contributed by atoms with E-state index < -0.39 is 0 Å². The van der Waals surface area contributed by atoms with E-state index in [4.69, 9.17) is 0 Å². The van der Waals surface area contributed by atoms with Gasteiger partial charge in [0.2, 0.25) is 0 Å². The van der Waals surface area contributed by atoms with Crippen LogP contribution in [0.15, 0.2) is 24.4 Å². The molecule has 8 heteroatoms. The van der Waals surface area contributed by atoms with Gasteiger partial charge in [-0.3, -0.25) is 14.6 Å². The molecule has 0 saturated carbocycles. The Morgan fingerprint density at radius 1 is 1.40 bits per heavy atom. The highest BCUT2D eigenvalue weighted by molar-refractivity contribution is 6.02. The Morgan fingerprint density at radius 2 is 2.28 bits per heavy atom. The van der Waals surface area contributed by atoms with Crippen LogP contribution < -0.4 is 5.32 Å². The van der Waals surface area contributed by atoms with Crippen molar-refractivity contribution in [1.29, 1.82) is 0 Å². The summed E-state index contributed by atoms with van der Waals surface area (Å²) in [5.74, 6) is 1.49. The lowest BCUT2D eigenvalue weighted by Gasteiger charge is -2.20. The van der Waals surface area contributed by atoms with E-state index in [9.17, 15) is 4.79 Å². The Labute approximate surface area is 144 Å². The number of hydrogen-bond donors (Lipinski definition) is 2. The second kappa shape index (κ2) is 6.12. The van der Waals surface area contributed by atoms with E-state index in [2.05, 4.69) is 37.5 Å². The van der Waals surface area contributed by atoms with E-state index in [-0.39, 0.29) is 5.91 Å². The molecule has 0 aromatic carbocycles. The number of rotatable bonds is 3. The van der Waals surface area contributed by atoms with Crippen LogP contribution in [0.3, 0.4) is 0 Å². The summed E-state index contributed by atoms with van der Waals surface area (Å²) >= 11 is 0. The Kier molecular flexibility index (Phi) is 3.79. The molecule has 128 valence electrons. The Bertz CT molecular complexity index is 927. The van der Waals surface area contributed by atoms with Crippen molar-refractivity contribution < 1.29 is 4.79 Å². The van der Waals surface area contributed by atoms with Gasteiger partial charge in [0.05, 0.1) is 0 Å². The van der Waals surface area contributed by atoms with Crippen LogP contribution in [0.5, 0.6) is 0 Å². The zero-order valence-electron chi connectivity index (χ0n) is 14.2. The number of anilines is 1. The summed E-state index contributed by atoms with van der Waals surface area (Å²) in [7, 11) is 0. The number of aromatic amines is 1. The molecule has 4 heterocycles. The van der Waals surface area contributed by atoms with Crippen LogP contribution in [0, 0.1) is 6.92 Å². The van der Waals surface area contributed by atoms with E-state index in [1.54, 1.807) is 18.3 Å². The average molecular weight is 337 g/mol. The maximum atomic E-state index is 12.5. The minimum Gasteiger partial charge on any atom is -0.305 e. The first kappa shape index (κ1) is 15.5. The summed E-state index contributed by atoms with van der Waals surface area (Å²) < 4.78 is 1.96. The number of amides is 1. The van der Waals surface area contributed by atoms with Gasteiger partial charge in [0.1, 0.15) is 11.6 Å². The van der Waals surface area contributed by atoms with Gasteiger partial charge in [-0.05, 0) is 51.3 Å². The number of pyridine rings is 1. The van der Waals surface area contributed by atoms with Crippen molar-refractivity contribution >= 4 is 11.7 Å². The summed E-state index contributed by atoms with van der Waals surface area (Å²) in [4.78, 5) is 21.0. The minimum atomic E-state index is -0.259. The number of nitrogens with one attached hydrogen (secondary N) is 2. The third-order valence-corrected chi connectivity index (χ3v) is 4.37. The van der Waals surface area contributed by atoms with E-state index in [1.807, 2.05) is 17.7 Å². The molecule has 0 fully saturated rings. The molecule has 1 amide bonds. The first-order valence-corrected chi connectivity index (χ1v) is 8.35. The van der Waals surface area contributed by atoms with Gasteiger partial charge in [0, 0.05) is 23.5 Å². The molecule has 2 N–H and O–H groups in total. The van der Waals surface area contributed by atoms with Crippen molar-refractivity contribution in [3.05, 3.63) is 41.6 Å². The summed E-state index contributed by atoms with van der Waals surface area (Å²) in [6.07, 6.45) is 4.81. The van der Waals surface area contributed by atoms with Crippen molar-refractivity contribution in [3.63, 3.8) is 0 Å². The first-order valence-electron chi connectivity index (χ1n) is 8.35. The predicted octanol–water partition coefficient (Wildman–Crippen LogP) is 2.52. The first-order chi connectivity index (χ1) is 12.1. The van der Waals surface area contributed by atoms with Gasteiger partial charge in [-0.15, -0.1) is 0 Å². The number of carbonyl (C=O) groups excluding carboxylic acids is 1.